The molecule has 3 aromatic carbocycles. The van der Waals surface area contributed by atoms with Crippen LogP contribution < -0.4 is 5.32 Å². The quantitative estimate of drug-likeness (QED) is 0.174. The second-order valence-electron chi connectivity index (χ2n) is 15.1. The Bertz CT molecular complexity index is 2040. The zero-order valence-electron chi connectivity index (χ0n) is 30.0. The molecular weight excluding hydrogens is 650 g/mol. The molecular formula is C45H47NO6. The van der Waals surface area contributed by atoms with Crippen LogP contribution in [0.15, 0.2) is 113 Å². The standard InChI is InChI=1S/C45H47NO6/c1-3-4-13-37-35-17-16-34-33-18-20-45(41(34)40(35)43(49)51-37)38(24-28(19-21-47)22-27-9-6-5-7-10-27)52-44(50)42(45)39(33)36-25-31(48)14-15-32(36)30-12-8-11-29(23-30)26-46-2/h5-15,23-25,28,33-34,41,46-48H,3-4,16-22,26H2,1-2H3/t28-,33+,34+,41+,45+/m1/s1. The number of aliphatic hydroxyl groups excluding tert-OH is 1. The van der Waals surface area contributed by atoms with Gasteiger partial charge in [-0.25, -0.2) is 9.59 Å². The second-order valence-corrected chi connectivity index (χ2v) is 15.1. The molecule has 3 N–H and O–H groups in total. The lowest BCUT2D eigenvalue weighted by Crippen LogP contribution is -2.52. The van der Waals surface area contributed by atoms with Gasteiger partial charge in [0.1, 0.15) is 17.3 Å². The van der Waals surface area contributed by atoms with Gasteiger partial charge in [0.2, 0.25) is 0 Å². The average molecular weight is 698 g/mol. The third-order valence-corrected chi connectivity index (χ3v) is 12.1. The highest BCUT2D eigenvalue weighted by atomic mass is 16.5. The topological polar surface area (TPSA) is 105 Å². The van der Waals surface area contributed by atoms with Crippen molar-refractivity contribution in [1.29, 1.82) is 0 Å². The van der Waals surface area contributed by atoms with Crippen LogP contribution in [0.1, 0.15) is 68.6 Å². The van der Waals surface area contributed by atoms with E-state index in [9.17, 15) is 19.8 Å². The highest BCUT2D eigenvalue weighted by Gasteiger charge is 2.68. The molecule has 1 saturated heterocycles. The summed E-state index contributed by atoms with van der Waals surface area (Å²) in [7, 11) is 1.93. The molecule has 2 heterocycles. The number of phenols is 1. The Balaban J connectivity index is 1.36. The lowest BCUT2D eigenvalue weighted by Gasteiger charge is -2.56. The number of allylic oxidation sites excluding steroid dienone is 5. The van der Waals surface area contributed by atoms with E-state index in [-0.39, 0.29) is 48.0 Å². The van der Waals surface area contributed by atoms with Crippen molar-refractivity contribution in [1.82, 2.24) is 5.32 Å². The molecule has 2 fully saturated rings. The van der Waals surface area contributed by atoms with E-state index < -0.39 is 5.41 Å². The van der Waals surface area contributed by atoms with Gasteiger partial charge in [-0.2, -0.15) is 0 Å². The lowest BCUT2D eigenvalue weighted by molar-refractivity contribution is -0.135. The third-order valence-electron chi connectivity index (χ3n) is 12.1. The van der Waals surface area contributed by atoms with Crippen LogP contribution in [-0.4, -0.2) is 35.8 Å². The van der Waals surface area contributed by atoms with Crippen molar-refractivity contribution in [2.75, 3.05) is 13.7 Å². The summed E-state index contributed by atoms with van der Waals surface area (Å²) < 4.78 is 12.5. The fourth-order valence-corrected chi connectivity index (χ4v) is 10.1. The monoisotopic (exact) mass is 697 g/mol. The van der Waals surface area contributed by atoms with Crippen molar-refractivity contribution < 1.29 is 29.3 Å². The summed E-state index contributed by atoms with van der Waals surface area (Å²) in [6.07, 6.45) is 10.2. The molecule has 0 amide bonds. The Labute approximate surface area is 305 Å². The van der Waals surface area contributed by atoms with Gasteiger partial charge in [0.05, 0.1) is 11.0 Å². The number of carbonyl (C=O) groups excluding carboxylic acids is 2. The number of hydrogen-bond acceptors (Lipinski definition) is 7. The first kappa shape index (κ1) is 34.4. The number of fused-ring (bicyclic) bond motifs is 1. The van der Waals surface area contributed by atoms with Gasteiger partial charge in [-0.15, -0.1) is 0 Å². The molecule has 52 heavy (non-hydrogen) atoms. The number of phenolic OH excluding ortho intramolecular Hbond substituents is 1. The van der Waals surface area contributed by atoms with E-state index in [0.717, 1.165) is 71.1 Å². The Kier molecular flexibility index (Phi) is 9.26. The molecule has 1 saturated carbocycles. The number of aliphatic hydroxyl groups is 1. The Morgan fingerprint density at radius 2 is 1.77 bits per heavy atom. The summed E-state index contributed by atoms with van der Waals surface area (Å²) in [5.41, 5.74) is 7.44. The van der Waals surface area contributed by atoms with Gasteiger partial charge in [-0.3, -0.25) is 0 Å². The molecule has 7 nitrogen and oxygen atoms in total. The predicted molar refractivity (Wildman–Crippen MR) is 200 cm³/mol. The van der Waals surface area contributed by atoms with Crippen molar-refractivity contribution in [2.24, 2.45) is 29.1 Å². The van der Waals surface area contributed by atoms with Crippen molar-refractivity contribution >= 4 is 17.5 Å². The minimum absolute atomic E-state index is 0.00320. The van der Waals surface area contributed by atoms with E-state index >= 15 is 0 Å². The summed E-state index contributed by atoms with van der Waals surface area (Å²) >= 11 is 0. The second kappa shape index (κ2) is 14.0. The number of benzene rings is 3. The van der Waals surface area contributed by atoms with Gasteiger partial charge in [0.25, 0.3) is 0 Å². The predicted octanol–water partition coefficient (Wildman–Crippen LogP) is 8.19. The molecule has 4 aliphatic carbocycles. The molecule has 6 aliphatic rings. The maximum Gasteiger partial charge on any atom is 0.340 e. The summed E-state index contributed by atoms with van der Waals surface area (Å²) in [5, 5.41) is 24.5. The number of hydrogen-bond donors (Lipinski definition) is 3. The van der Waals surface area contributed by atoms with Crippen LogP contribution in [0.25, 0.3) is 16.7 Å². The molecule has 2 bridgehead atoms. The average Bonchev–Trinajstić information content (AvgIpc) is 3.63. The van der Waals surface area contributed by atoms with Gasteiger partial charge >= 0.3 is 11.9 Å². The Hall–Kier alpha value is -4.72. The largest absolute Gasteiger partial charge is 0.508 e. The van der Waals surface area contributed by atoms with Crippen LogP contribution in [-0.2, 0) is 32.0 Å². The van der Waals surface area contributed by atoms with Gasteiger partial charge in [-0.05, 0) is 133 Å². The molecule has 0 aromatic heterocycles. The van der Waals surface area contributed by atoms with Crippen molar-refractivity contribution in [3.8, 4) is 16.9 Å². The van der Waals surface area contributed by atoms with Gasteiger partial charge in [0, 0.05) is 30.2 Å². The zero-order valence-corrected chi connectivity index (χ0v) is 30.0. The molecule has 1 spiro atoms. The normalized spacial score (nSPS) is 26.8. The maximum atomic E-state index is 14.6. The van der Waals surface area contributed by atoms with E-state index in [4.69, 9.17) is 9.47 Å². The summed E-state index contributed by atoms with van der Waals surface area (Å²) in [5.74, 6) is 0.404. The minimum Gasteiger partial charge on any atom is -0.508 e. The van der Waals surface area contributed by atoms with Crippen LogP contribution in [0.2, 0.25) is 0 Å². The molecule has 2 aliphatic heterocycles. The number of carbonyl (C=O) groups is 2. The highest BCUT2D eigenvalue weighted by molar-refractivity contribution is 6.07. The summed E-state index contributed by atoms with van der Waals surface area (Å²) in [6, 6.07) is 24.0. The first-order valence-corrected chi connectivity index (χ1v) is 18.9. The van der Waals surface area contributed by atoms with Crippen molar-refractivity contribution in [3.05, 3.63) is 130 Å². The van der Waals surface area contributed by atoms with E-state index in [0.29, 0.717) is 48.5 Å². The molecule has 3 aromatic rings. The molecule has 9 rings (SSSR count). The number of ether oxygens (including phenoxy) is 2. The number of esters is 2. The first-order chi connectivity index (χ1) is 25.4. The molecule has 268 valence electrons. The summed E-state index contributed by atoms with van der Waals surface area (Å²) in [4.78, 5) is 28.6. The van der Waals surface area contributed by atoms with Gasteiger partial charge in [-0.1, -0.05) is 67.9 Å². The lowest BCUT2D eigenvalue weighted by atomic mass is 9.44. The first-order valence-electron chi connectivity index (χ1n) is 18.9. The Morgan fingerprint density at radius 1 is 0.942 bits per heavy atom. The van der Waals surface area contributed by atoms with E-state index in [1.807, 2.05) is 49.5 Å². The number of aromatic hydroxyl groups is 1. The van der Waals surface area contributed by atoms with Crippen LogP contribution in [0.4, 0.5) is 0 Å². The highest BCUT2D eigenvalue weighted by Crippen LogP contribution is 2.72. The molecule has 7 heteroatoms. The van der Waals surface area contributed by atoms with Gasteiger partial charge in [0.15, 0.2) is 0 Å². The fourth-order valence-electron chi connectivity index (χ4n) is 10.1. The van der Waals surface area contributed by atoms with Crippen molar-refractivity contribution in [2.45, 2.75) is 64.8 Å². The Morgan fingerprint density at radius 3 is 2.56 bits per heavy atom. The smallest absolute Gasteiger partial charge is 0.340 e. The fraction of sp³-hybridized carbons (Fsp3) is 0.378. The summed E-state index contributed by atoms with van der Waals surface area (Å²) in [6.45, 7) is 2.82. The van der Waals surface area contributed by atoms with E-state index in [1.165, 1.54) is 0 Å². The number of rotatable bonds is 11. The molecule has 0 unspecified atom stereocenters. The SMILES string of the molecule is CCCC=C1OC(=O)C2=C1CC[C@H]1[C@@H]3CC[C@]4(C(=C[C@H](CCO)Cc5ccccc5)OC(=O)C4=C3c3cc(O)ccc3-c3cccc(CNC)c3)[C@H]21. The van der Waals surface area contributed by atoms with Crippen LogP contribution in [0.5, 0.6) is 5.75 Å². The van der Waals surface area contributed by atoms with E-state index in [2.05, 4.69) is 48.6 Å². The van der Waals surface area contributed by atoms with Crippen molar-refractivity contribution in [3.63, 3.8) is 0 Å². The van der Waals surface area contributed by atoms with Crippen LogP contribution in [0, 0.1) is 29.1 Å². The van der Waals surface area contributed by atoms with E-state index in [1.54, 1.807) is 6.07 Å². The molecule has 5 atom stereocenters. The third kappa shape index (κ3) is 5.66. The maximum absolute atomic E-state index is 14.6. The van der Waals surface area contributed by atoms with Gasteiger partial charge < -0.3 is 25.0 Å². The number of nitrogens with one attached hydrogen (secondary N) is 1. The van der Waals surface area contributed by atoms with Crippen LogP contribution >= 0.6 is 0 Å². The molecule has 0 radical (unpaired) electrons. The minimum atomic E-state index is -0.882. The van der Waals surface area contributed by atoms with Crippen LogP contribution in [0.3, 0.4) is 0 Å². The number of cyclic esters (lactones) is 2. The zero-order chi connectivity index (χ0) is 36.0. The number of unbranched alkanes of at least 4 members (excludes halogenated alkanes) is 1.